The van der Waals surface area contributed by atoms with Crippen molar-refractivity contribution in [2.75, 3.05) is 0 Å². The Balaban J connectivity index is 2.08. The molecule has 1 aromatic carbocycles. The highest BCUT2D eigenvalue weighted by atomic mass is 32.1. The molecule has 2 aromatic rings. The lowest BCUT2D eigenvalue weighted by Gasteiger charge is -2.13. The number of benzene rings is 1. The maximum absolute atomic E-state index is 13.5. The lowest BCUT2D eigenvalue weighted by atomic mass is 10.1. The number of thiophene rings is 1. The Morgan fingerprint density at radius 1 is 1.50 bits per heavy atom. The van der Waals surface area contributed by atoms with Crippen LogP contribution in [0.1, 0.15) is 29.0 Å². The Kier molecular flexibility index (Phi) is 4.70. The molecule has 0 spiro atoms. The van der Waals surface area contributed by atoms with Crippen LogP contribution in [-0.4, -0.2) is 11.0 Å². The van der Waals surface area contributed by atoms with Gasteiger partial charge < -0.3 is 16.3 Å². The molecule has 0 saturated carbocycles. The minimum absolute atomic E-state index is 0.0999. The zero-order chi connectivity index (χ0) is 14.5. The fraction of sp³-hybridized carbons (Fsp3) is 0.214. The second kappa shape index (κ2) is 6.49. The number of amidine groups is 1. The normalized spacial score (nSPS) is 13.4. The van der Waals surface area contributed by atoms with Gasteiger partial charge in [-0.05, 0) is 42.1 Å². The van der Waals surface area contributed by atoms with Crippen molar-refractivity contribution in [2.45, 2.75) is 19.5 Å². The maximum Gasteiger partial charge on any atom is 0.170 e. The standard InChI is InChI=1S/C14H16FN3OS/c1-9(13-3-2-4-20-13)17-8-10-5-11(14(16)18-19)7-12(15)6-10/h2-7,9,17,19H,8H2,1H3,(H2,16,18)/t9-/m1/s1. The van der Waals surface area contributed by atoms with Crippen LogP contribution >= 0.6 is 11.3 Å². The summed E-state index contributed by atoms with van der Waals surface area (Å²) < 4.78 is 13.5. The summed E-state index contributed by atoms with van der Waals surface area (Å²) in [4.78, 5) is 1.22. The minimum Gasteiger partial charge on any atom is -0.409 e. The van der Waals surface area contributed by atoms with Gasteiger partial charge in [0.25, 0.3) is 0 Å². The second-order valence-corrected chi connectivity index (χ2v) is 5.43. The first-order valence-corrected chi connectivity index (χ1v) is 7.02. The zero-order valence-electron chi connectivity index (χ0n) is 11.0. The number of hydrogen-bond acceptors (Lipinski definition) is 4. The number of nitrogens with zero attached hydrogens (tertiary/aromatic N) is 1. The van der Waals surface area contributed by atoms with E-state index < -0.39 is 5.82 Å². The molecule has 106 valence electrons. The van der Waals surface area contributed by atoms with Gasteiger partial charge in [-0.25, -0.2) is 4.39 Å². The van der Waals surface area contributed by atoms with Crippen LogP contribution in [0.15, 0.2) is 40.9 Å². The summed E-state index contributed by atoms with van der Waals surface area (Å²) >= 11 is 1.67. The van der Waals surface area contributed by atoms with E-state index in [0.29, 0.717) is 12.1 Å². The summed E-state index contributed by atoms with van der Waals surface area (Å²) in [5.41, 5.74) is 6.59. The fourth-order valence-electron chi connectivity index (χ4n) is 1.87. The second-order valence-electron chi connectivity index (χ2n) is 4.45. The first kappa shape index (κ1) is 14.5. The molecule has 0 aliphatic carbocycles. The third-order valence-electron chi connectivity index (χ3n) is 2.94. The van der Waals surface area contributed by atoms with Gasteiger partial charge in [-0.1, -0.05) is 11.2 Å². The van der Waals surface area contributed by atoms with Crippen LogP contribution in [0, 0.1) is 5.82 Å². The fourth-order valence-corrected chi connectivity index (χ4v) is 2.63. The molecular weight excluding hydrogens is 277 g/mol. The van der Waals surface area contributed by atoms with E-state index in [1.54, 1.807) is 17.4 Å². The van der Waals surface area contributed by atoms with E-state index in [4.69, 9.17) is 10.9 Å². The Morgan fingerprint density at radius 3 is 2.95 bits per heavy atom. The van der Waals surface area contributed by atoms with Crippen molar-refractivity contribution in [3.8, 4) is 0 Å². The Bertz CT molecular complexity index is 598. The van der Waals surface area contributed by atoms with Crippen molar-refractivity contribution in [2.24, 2.45) is 10.9 Å². The SMILES string of the molecule is C[C@@H](NCc1cc(F)cc(/C(N)=N/O)c1)c1cccs1. The van der Waals surface area contributed by atoms with Crippen molar-refractivity contribution in [1.82, 2.24) is 5.32 Å². The third kappa shape index (κ3) is 3.55. The van der Waals surface area contributed by atoms with Gasteiger partial charge in [0.05, 0.1) is 0 Å². The molecule has 0 bridgehead atoms. The van der Waals surface area contributed by atoms with E-state index >= 15 is 0 Å². The molecule has 0 fully saturated rings. The molecule has 1 heterocycles. The molecule has 20 heavy (non-hydrogen) atoms. The monoisotopic (exact) mass is 293 g/mol. The van der Waals surface area contributed by atoms with Crippen LogP contribution < -0.4 is 11.1 Å². The minimum atomic E-state index is -0.408. The summed E-state index contributed by atoms with van der Waals surface area (Å²) in [7, 11) is 0. The number of halogens is 1. The molecule has 1 aromatic heterocycles. The smallest absolute Gasteiger partial charge is 0.170 e. The van der Waals surface area contributed by atoms with Crippen molar-refractivity contribution < 1.29 is 9.60 Å². The van der Waals surface area contributed by atoms with E-state index in [1.165, 1.54) is 17.0 Å². The molecule has 0 saturated heterocycles. The predicted octanol–water partition coefficient (Wildman–Crippen LogP) is 2.83. The van der Waals surface area contributed by atoms with Crippen molar-refractivity contribution in [3.05, 3.63) is 57.5 Å². The van der Waals surface area contributed by atoms with Crippen molar-refractivity contribution >= 4 is 17.2 Å². The van der Waals surface area contributed by atoms with Gasteiger partial charge in [-0.15, -0.1) is 11.3 Å². The number of oxime groups is 1. The van der Waals surface area contributed by atoms with Crippen LogP contribution in [-0.2, 0) is 6.54 Å². The van der Waals surface area contributed by atoms with Crippen molar-refractivity contribution in [1.29, 1.82) is 0 Å². The Morgan fingerprint density at radius 2 is 2.30 bits per heavy atom. The van der Waals surface area contributed by atoms with E-state index in [-0.39, 0.29) is 11.9 Å². The third-order valence-corrected chi connectivity index (χ3v) is 4.00. The first-order chi connectivity index (χ1) is 9.60. The lowest BCUT2D eigenvalue weighted by molar-refractivity contribution is 0.318. The topological polar surface area (TPSA) is 70.6 Å². The number of hydrogen-bond donors (Lipinski definition) is 3. The first-order valence-electron chi connectivity index (χ1n) is 6.14. The molecule has 0 radical (unpaired) electrons. The van der Waals surface area contributed by atoms with Crippen LogP contribution in [0.4, 0.5) is 4.39 Å². The largest absolute Gasteiger partial charge is 0.409 e. The lowest BCUT2D eigenvalue weighted by Crippen LogP contribution is -2.18. The summed E-state index contributed by atoms with van der Waals surface area (Å²) in [6.07, 6.45) is 0. The molecule has 6 heteroatoms. The summed E-state index contributed by atoms with van der Waals surface area (Å²) in [5, 5.41) is 16.9. The quantitative estimate of drug-likeness (QED) is 0.343. The molecule has 4 N–H and O–H groups in total. The molecule has 0 aliphatic rings. The highest BCUT2D eigenvalue weighted by molar-refractivity contribution is 7.10. The molecule has 0 amide bonds. The molecule has 1 atom stereocenters. The van der Waals surface area contributed by atoms with Gasteiger partial charge in [0.2, 0.25) is 0 Å². The number of rotatable bonds is 5. The summed E-state index contributed by atoms with van der Waals surface area (Å²) in [6.45, 7) is 2.55. The van der Waals surface area contributed by atoms with E-state index in [9.17, 15) is 4.39 Å². The molecular formula is C14H16FN3OS. The van der Waals surface area contributed by atoms with Crippen LogP contribution in [0.25, 0.3) is 0 Å². The number of nitrogens with one attached hydrogen (secondary N) is 1. The number of nitrogens with two attached hydrogens (primary N) is 1. The van der Waals surface area contributed by atoms with E-state index in [2.05, 4.69) is 23.5 Å². The van der Waals surface area contributed by atoms with Crippen LogP contribution in [0.2, 0.25) is 0 Å². The molecule has 0 unspecified atom stereocenters. The van der Waals surface area contributed by atoms with Gasteiger partial charge in [0.15, 0.2) is 5.84 Å². The highest BCUT2D eigenvalue weighted by Crippen LogP contribution is 2.19. The average Bonchev–Trinajstić information content (AvgIpc) is 2.97. The van der Waals surface area contributed by atoms with Crippen LogP contribution in [0.3, 0.4) is 0 Å². The average molecular weight is 293 g/mol. The van der Waals surface area contributed by atoms with E-state index in [0.717, 1.165) is 5.56 Å². The van der Waals surface area contributed by atoms with Crippen molar-refractivity contribution in [3.63, 3.8) is 0 Å². The Labute approximate surface area is 120 Å². The van der Waals surface area contributed by atoms with Gasteiger partial charge in [-0.3, -0.25) is 0 Å². The van der Waals surface area contributed by atoms with Gasteiger partial charge >= 0.3 is 0 Å². The van der Waals surface area contributed by atoms with Gasteiger partial charge in [0.1, 0.15) is 5.82 Å². The highest BCUT2D eigenvalue weighted by Gasteiger charge is 2.08. The van der Waals surface area contributed by atoms with E-state index in [1.807, 2.05) is 11.4 Å². The Hall–Kier alpha value is -1.92. The van der Waals surface area contributed by atoms with Gasteiger partial charge in [0, 0.05) is 23.0 Å². The summed E-state index contributed by atoms with van der Waals surface area (Å²) in [5.74, 6) is -0.508. The molecule has 0 aliphatic heterocycles. The zero-order valence-corrected chi connectivity index (χ0v) is 11.8. The van der Waals surface area contributed by atoms with Gasteiger partial charge in [-0.2, -0.15) is 0 Å². The maximum atomic E-state index is 13.5. The predicted molar refractivity (Wildman–Crippen MR) is 78.5 cm³/mol. The summed E-state index contributed by atoms with van der Waals surface area (Å²) in [6, 6.07) is 8.60. The molecule has 4 nitrogen and oxygen atoms in total. The van der Waals surface area contributed by atoms with Crippen LogP contribution in [0.5, 0.6) is 0 Å². The molecule has 2 rings (SSSR count).